The van der Waals surface area contributed by atoms with Crippen LogP contribution in [0.3, 0.4) is 0 Å². The first-order valence-electron chi connectivity index (χ1n) is 5.39. The molecule has 1 aromatic rings. The second-order valence-corrected chi connectivity index (χ2v) is 7.02. The van der Waals surface area contributed by atoms with Crippen molar-refractivity contribution >= 4 is 21.4 Å². The Balaban J connectivity index is 2.84. The van der Waals surface area contributed by atoms with Crippen LogP contribution in [0.2, 0.25) is 0 Å². The summed E-state index contributed by atoms with van der Waals surface area (Å²) in [6, 6.07) is 3.51. The molecule has 0 fully saturated rings. The Hall–Kier alpha value is -0.690. The summed E-state index contributed by atoms with van der Waals surface area (Å²) in [5.74, 6) is 0. The maximum absolute atomic E-state index is 12.1. The third kappa shape index (κ3) is 3.64. The van der Waals surface area contributed by atoms with Crippen molar-refractivity contribution in [3.63, 3.8) is 0 Å². The van der Waals surface area contributed by atoms with Gasteiger partial charge in [-0.05, 0) is 18.7 Å². The highest BCUT2D eigenvalue weighted by Gasteiger charge is 2.21. The van der Waals surface area contributed by atoms with Crippen molar-refractivity contribution in [1.29, 1.82) is 0 Å². The summed E-state index contributed by atoms with van der Waals surface area (Å²) in [6.07, 6.45) is 1.57. The number of likely N-dealkylation sites (N-methyl/N-ethyl adjacent to an activating group) is 1. The van der Waals surface area contributed by atoms with Gasteiger partial charge in [0.25, 0.3) is 10.0 Å². The minimum absolute atomic E-state index is 0.322. The van der Waals surface area contributed by atoms with Crippen LogP contribution in [0.15, 0.2) is 29.0 Å². The fourth-order valence-electron chi connectivity index (χ4n) is 1.27. The fraction of sp³-hybridized carbons (Fsp3) is 0.455. The zero-order valence-corrected chi connectivity index (χ0v) is 11.8. The molecular formula is C11H18N2O2S2. The minimum atomic E-state index is -3.35. The second-order valence-electron chi connectivity index (χ2n) is 3.58. The van der Waals surface area contributed by atoms with Crippen LogP contribution in [0.1, 0.15) is 11.8 Å². The lowest BCUT2D eigenvalue weighted by atomic mass is 10.4. The Morgan fingerprint density at radius 2 is 2.24 bits per heavy atom. The van der Waals surface area contributed by atoms with Crippen molar-refractivity contribution in [2.24, 2.45) is 0 Å². The van der Waals surface area contributed by atoms with Gasteiger partial charge in [-0.25, -0.2) is 8.42 Å². The standard InChI is InChI=1S/C11H18N2O2S2/c1-4-8-13(3)17(14,15)11-7-6-10(16-11)9-12-5-2/h4,6-7,12H,1,5,8-9H2,2-3H3. The average Bonchev–Trinajstić information content (AvgIpc) is 2.75. The molecule has 1 rings (SSSR count). The van der Waals surface area contributed by atoms with Crippen molar-refractivity contribution in [3.05, 3.63) is 29.7 Å². The number of hydrogen-bond acceptors (Lipinski definition) is 4. The number of hydrogen-bond donors (Lipinski definition) is 1. The summed E-state index contributed by atoms with van der Waals surface area (Å²) in [6.45, 7) is 7.46. The molecule has 1 N–H and O–H groups in total. The molecular weight excluding hydrogens is 256 g/mol. The number of sulfonamides is 1. The van der Waals surface area contributed by atoms with Gasteiger partial charge < -0.3 is 5.32 Å². The summed E-state index contributed by atoms with van der Waals surface area (Å²) in [5.41, 5.74) is 0. The quantitative estimate of drug-likeness (QED) is 0.769. The minimum Gasteiger partial charge on any atom is -0.312 e. The molecule has 1 heterocycles. The number of rotatable bonds is 7. The first-order valence-corrected chi connectivity index (χ1v) is 7.64. The molecule has 17 heavy (non-hydrogen) atoms. The highest BCUT2D eigenvalue weighted by molar-refractivity contribution is 7.91. The molecule has 0 aliphatic heterocycles. The molecule has 0 bridgehead atoms. The monoisotopic (exact) mass is 274 g/mol. The topological polar surface area (TPSA) is 49.4 Å². The van der Waals surface area contributed by atoms with Gasteiger partial charge in [-0.2, -0.15) is 4.31 Å². The largest absolute Gasteiger partial charge is 0.312 e. The molecule has 0 saturated heterocycles. The molecule has 0 aliphatic carbocycles. The van der Waals surface area contributed by atoms with Gasteiger partial charge in [-0.3, -0.25) is 0 Å². The molecule has 0 aliphatic rings. The van der Waals surface area contributed by atoms with E-state index in [1.165, 1.54) is 15.6 Å². The molecule has 1 aromatic heterocycles. The average molecular weight is 274 g/mol. The lowest BCUT2D eigenvalue weighted by Gasteiger charge is -2.13. The van der Waals surface area contributed by atoms with Crippen molar-refractivity contribution < 1.29 is 8.42 Å². The molecule has 0 amide bonds. The highest BCUT2D eigenvalue weighted by atomic mass is 32.2. The molecule has 0 unspecified atom stereocenters. The lowest BCUT2D eigenvalue weighted by Crippen LogP contribution is -2.26. The van der Waals surface area contributed by atoms with Crippen molar-refractivity contribution in [3.8, 4) is 0 Å². The van der Waals surface area contributed by atoms with E-state index in [2.05, 4.69) is 11.9 Å². The van der Waals surface area contributed by atoms with Gasteiger partial charge in [0, 0.05) is 25.0 Å². The van der Waals surface area contributed by atoms with Crippen molar-refractivity contribution in [2.75, 3.05) is 20.1 Å². The molecule has 4 nitrogen and oxygen atoms in total. The van der Waals surface area contributed by atoms with E-state index in [0.29, 0.717) is 17.3 Å². The first kappa shape index (κ1) is 14.4. The van der Waals surface area contributed by atoms with Gasteiger partial charge in [-0.1, -0.05) is 13.0 Å². The zero-order chi connectivity index (χ0) is 12.9. The van der Waals surface area contributed by atoms with Gasteiger partial charge in [0.15, 0.2) is 0 Å². The molecule has 0 aromatic carbocycles. The van der Waals surface area contributed by atoms with Crippen LogP contribution in [0, 0.1) is 0 Å². The Morgan fingerprint density at radius 1 is 1.53 bits per heavy atom. The predicted octanol–water partition coefficient (Wildman–Crippen LogP) is 1.66. The molecule has 0 radical (unpaired) electrons. The number of nitrogens with zero attached hydrogens (tertiary/aromatic N) is 1. The maximum atomic E-state index is 12.1. The van der Waals surface area contributed by atoms with E-state index >= 15 is 0 Å². The predicted molar refractivity (Wildman–Crippen MR) is 71.7 cm³/mol. The van der Waals surface area contributed by atoms with Gasteiger partial charge in [0.05, 0.1) is 0 Å². The van der Waals surface area contributed by atoms with E-state index in [9.17, 15) is 8.42 Å². The lowest BCUT2D eigenvalue weighted by molar-refractivity contribution is 0.501. The van der Waals surface area contributed by atoms with Gasteiger partial charge in [0.1, 0.15) is 4.21 Å². The Kier molecular flexibility index (Phi) is 5.32. The molecule has 0 atom stereocenters. The molecule has 0 spiro atoms. The smallest absolute Gasteiger partial charge is 0.252 e. The highest BCUT2D eigenvalue weighted by Crippen LogP contribution is 2.24. The maximum Gasteiger partial charge on any atom is 0.252 e. The normalized spacial score (nSPS) is 11.9. The summed E-state index contributed by atoms with van der Waals surface area (Å²) < 4.78 is 25.8. The van der Waals surface area contributed by atoms with Crippen molar-refractivity contribution in [1.82, 2.24) is 9.62 Å². The van der Waals surface area contributed by atoms with E-state index in [1.807, 2.05) is 13.0 Å². The van der Waals surface area contributed by atoms with Crippen LogP contribution in [0.5, 0.6) is 0 Å². The van der Waals surface area contributed by atoms with E-state index in [4.69, 9.17) is 0 Å². The summed E-state index contributed by atoms with van der Waals surface area (Å²) in [7, 11) is -1.80. The molecule has 0 saturated carbocycles. The number of nitrogens with one attached hydrogen (secondary N) is 1. The third-order valence-corrected chi connectivity index (χ3v) is 5.61. The summed E-state index contributed by atoms with van der Waals surface area (Å²) in [5, 5.41) is 3.17. The van der Waals surface area contributed by atoms with Crippen molar-refractivity contribution in [2.45, 2.75) is 17.7 Å². The van der Waals surface area contributed by atoms with Gasteiger partial charge in [0.2, 0.25) is 0 Å². The van der Waals surface area contributed by atoms with E-state index in [1.54, 1.807) is 19.2 Å². The van der Waals surface area contributed by atoms with Crippen LogP contribution in [0.4, 0.5) is 0 Å². The Morgan fingerprint density at radius 3 is 2.82 bits per heavy atom. The first-order chi connectivity index (χ1) is 8.02. The van der Waals surface area contributed by atoms with Crippen LogP contribution in [-0.2, 0) is 16.6 Å². The van der Waals surface area contributed by atoms with E-state index in [-0.39, 0.29) is 0 Å². The second kappa shape index (κ2) is 6.30. The molecule has 96 valence electrons. The van der Waals surface area contributed by atoms with Crippen LogP contribution >= 0.6 is 11.3 Å². The molecule has 6 heteroatoms. The summed E-state index contributed by atoms with van der Waals surface area (Å²) >= 11 is 1.31. The van der Waals surface area contributed by atoms with E-state index < -0.39 is 10.0 Å². The van der Waals surface area contributed by atoms with Gasteiger partial charge in [-0.15, -0.1) is 17.9 Å². The Bertz CT molecular complexity index is 466. The van der Waals surface area contributed by atoms with Crippen LogP contribution in [-0.4, -0.2) is 32.9 Å². The zero-order valence-electron chi connectivity index (χ0n) is 10.1. The van der Waals surface area contributed by atoms with Crippen LogP contribution in [0.25, 0.3) is 0 Å². The SMILES string of the molecule is C=CCN(C)S(=O)(=O)c1ccc(CNCC)s1. The van der Waals surface area contributed by atoms with E-state index in [0.717, 1.165) is 11.4 Å². The summed E-state index contributed by atoms with van der Waals surface area (Å²) in [4.78, 5) is 1.03. The Labute approximate surface area is 107 Å². The third-order valence-electron chi connectivity index (χ3n) is 2.24. The van der Waals surface area contributed by atoms with Crippen LogP contribution < -0.4 is 5.32 Å². The number of thiophene rings is 1. The van der Waals surface area contributed by atoms with Gasteiger partial charge >= 0.3 is 0 Å². The fourth-order valence-corrected chi connectivity index (χ4v) is 3.95.